The van der Waals surface area contributed by atoms with E-state index in [1.165, 1.54) is 44.2 Å². The van der Waals surface area contributed by atoms with Crippen molar-refractivity contribution >= 4 is 15.7 Å². The Morgan fingerprint density at radius 1 is 1.12 bits per heavy atom. The predicted octanol–water partition coefficient (Wildman–Crippen LogP) is 4.18. The highest BCUT2D eigenvalue weighted by atomic mass is 32.2. The molecule has 32 heavy (non-hydrogen) atoms. The molecular formula is C22H22F2N2O5S. The molecule has 7 nitrogen and oxygen atoms in total. The zero-order valence-electron chi connectivity index (χ0n) is 17.6. The van der Waals surface area contributed by atoms with Crippen LogP contribution < -0.4 is 14.2 Å². The van der Waals surface area contributed by atoms with E-state index in [9.17, 15) is 27.5 Å². The summed E-state index contributed by atoms with van der Waals surface area (Å²) in [5.74, 6) is -1.93. The summed E-state index contributed by atoms with van der Waals surface area (Å²) in [7, 11) is -3.58. The topological polar surface area (TPSA) is 103 Å². The van der Waals surface area contributed by atoms with Gasteiger partial charge in [0.2, 0.25) is 15.7 Å². The van der Waals surface area contributed by atoms with E-state index in [0.29, 0.717) is 21.9 Å². The lowest BCUT2D eigenvalue weighted by molar-refractivity contribution is -0.624. The molecule has 2 aromatic carbocycles. The molecule has 0 amide bonds. The van der Waals surface area contributed by atoms with Gasteiger partial charge in [0.15, 0.2) is 17.3 Å². The van der Waals surface area contributed by atoms with Gasteiger partial charge in [-0.2, -0.15) is 4.73 Å². The highest BCUT2D eigenvalue weighted by molar-refractivity contribution is 7.92. The fourth-order valence-corrected chi connectivity index (χ4v) is 3.66. The van der Waals surface area contributed by atoms with Gasteiger partial charge in [0, 0.05) is 36.4 Å². The fraction of sp³-hybridized carbons (Fsp3) is 0.227. The number of anilines is 1. The van der Waals surface area contributed by atoms with Crippen molar-refractivity contribution in [1.82, 2.24) is 0 Å². The maximum atomic E-state index is 14.2. The van der Waals surface area contributed by atoms with Crippen LogP contribution in [0.2, 0.25) is 0 Å². The number of benzene rings is 2. The molecule has 1 aromatic heterocycles. The van der Waals surface area contributed by atoms with Gasteiger partial charge < -0.3 is 15.1 Å². The summed E-state index contributed by atoms with van der Waals surface area (Å²) in [6.45, 7) is 4.47. The van der Waals surface area contributed by atoms with Crippen LogP contribution in [0, 0.1) is 23.8 Å². The predicted molar refractivity (Wildman–Crippen MR) is 116 cm³/mol. The monoisotopic (exact) mass is 464 g/mol. The van der Waals surface area contributed by atoms with Crippen LogP contribution in [-0.4, -0.2) is 19.3 Å². The van der Waals surface area contributed by atoms with Gasteiger partial charge in [0.1, 0.15) is 17.7 Å². The van der Waals surface area contributed by atoms with Gasteiger partial charge in [-0.25, -0.2) is 17.2 Å². The van der Waals surface area contributed by atoms with Gasteiger partial charge in [-0.05, 0) is 49.7 Å². The van der Waals surface area contributed by atoms with Crippen LogP contribution in [0.15, 0.2) is 48.5 Å². The Kier molecular flexibility index (Phi) is 6.65. The molecule has 0 bridgehead atoms. The summed E-state index contributed by atoms with van der Waals surface area (Å²) in [6, 6.07) is 10.2. The minimum Gasteiger partial charge on any atom is -0.618 e. The van der Waals surface area contributed by atoms with E-state index < -0.39 is 27.8 Å². The van der Waals surface area contributed by atoms with Crippen LogP contribution in [0.4, 0.5) is 14.5 Å². The highest BCUT2D eigenvalue weighted by Crippen LogP contribution is 2.37. The molecule has 0 aliphatic rings. The number of sulfonamides is 1. The number of nitrogens with one attached hydrogen (secondary N) is 1. The normalized spacial score (nSPS) is 12.4. The van der Waals surface area contributed by atoms with E-state index in [4.69, 9.17) is 4.74 Å². The molecule has 0 saturated carbocycles. The lowest BCUT2D eigenvalue weighted by Gasteiger charge is -2.16. The smallest absolute Gasteiger partial charge is 0.232 e. The number of aliphatic hydroxyl groups excluding tert-OH is 1. The standard InChI is InChI=1S/C22H22F2N2O5S/c1-4-32(29,30)25-17-6-8-21(31-22-7-5-16(23)11-19(22)24)18(12-17)15-9-13(2)26(28)20(10-15)14(3)27/h5-12,14,25,27H,4H2,1-3H3. The van der Waals surface area contributed by atoms with Crippen molar-refractivity contribution in [3.05, 3.63) is 76.8 Å². The van der Waals surface area contributed by atoms with Crippen molar-refractivity contribution in [3.63, 3.8) is 0 Å². The number of aliphatic hydroxyl groups is 1. The van der Waals surface area contributed by atoms with Crippen molar-refractivity contribution in [3.8, 4) is 22.6 Å². The number of hydrogen-bond donors (Lipinski definition) is 2. The van der Waals surface area contributed by atoms with Crippen molar-refractivity contribution in [2.45, 2.75) is 26.9 Å². The maximum absolute atomic E-state index is 14.2. The van der Waals surface area contributed by atoms with Crippen LogP contribution in [0.1, 0.15) is 31.3 Å². The van der Waals surface area contributed by atoms with E-state index >= 15 is 0 Å². The van der Waals surface area contributed by atoms with Gasteiger partial charge >= 0.3 is 0 Å². The molecule has 3 rings (SSSR count). The Balaban J connectivity index is 2.18. The lowest BCUT2D eigenvalue weighted by atomic mass is 10.0. The Hall–Kier alpha value is -3.24. The molecule has 0 fully saturated rings. The molecule has 0 aliphatic carbocycles. The number of hydrogen-bond acceptors (Lipinski definition) is 5. The first-order chi connectivity index (χ1) is 15.0. The molecule has 0 aliphatic heterocycles. The molecule has 1 heterocycles. The Morgan fingerprint density at radius 3 is 2.44 bits per heavy atom. The largest absolute Gasteiger partial charge is 0.618 e. The summed E-state index contributed by atoms with van der Waals surface area (Å²) in [6.07, 6.45) is -1.08. The third kappa shape index (κ3) is 5.14. The van der Waals surface area contributed by atoms with Gasteiger partial charge in [0.05, 0.1) is 5.75 Å². The molecule has 3 aromatic rings. The third-order valence-corrected chi connectivity index (χ3v) is 6.02. The number of aromatic nitrogens is 1. The number of rotatable bonds is 7. The van der Waals surface area contributed by atoms with Crippen molar-refractivity contribution < 1.29 is 31.8 Å². The molecule has 0 spiro atoms. The first kappa shape index (κ1) is 23.4. The summed E-state index contributed by atoms with van der Waals surface area (Å²) >= 11 is 0. The van der Waals surface area contributed by atoms with E-state index in [-0.39, 0.29) is 34.3 Å². The number of aryl methyl sites for hydroxylation is 1. The van der Waals surface area contributed by atoms with Crippen LogP contribution >= 0.6 is 0 Å². The van der Waals surface area contributed by atoms with Gasteiger partial charge in [0.25, 0.3) is 0 Å². The number of halogens is 2. The quantitative estimate of drug-likeness (QED) is 0.403. The van der Waals surface area contributed by atoms with Crippen LogP contribution in [-0.2, 0) is 10.0 Å². The van der Waals surface area contributed by atoms with E-state index in [2.05, 4.69) is 4.72 Å². The summed E-state index contributed by atoms with van der Waals surface area (Å²) in [5.41, 5.74) is 1.33. The zero-order valence-corrected chi connectivity index (χ0v) is 18.4. The minimum atomic E-state index is -3.58. The Labute approximate surface area is 184 Å². The fourth-order valence-electron chi connectivity index (χ4n) is 3.03. The lowest BCUT2D eigenvalue weighted by Crippen LogP contribution is -2.36. The van der Waals surface area contributed by atoms with Crippen LogP contribution in [0.5, 0.6) is 11.5 Å². The second-order valence-corrected chi connectivity index (χ2v) is 9.18. The van der Waals surface area contributed by atoms with Crippen molar-refractivity contribution in [2.75, 3.05) is 10.5 Å². The molecule has 10 heteroatoms. The molecule has 0 radical (unpaired) electrons. The first-order valence-corrected chi connectivity index (χ1v) is 11.4. The van der Waals surface area contributed by atoms with E-state index in [1.807, 2.05) is 0 Å². The second-order valence-electron chi connectivity index (χ2n) is 7.17. The van der Waals surface area contributed by atoms with Gasteiger partial charge in [-0.1, -0.05) is 0 Å². The Bertz CT molecular complexity index is 1260. The van der Waals surface area contributed by atoms with Crippen LogP contribution in [0.3, 0.4) is 0 Å². The minimum absolute atomic E-state index is 0.0680. The van der Waals surface area contributed by atoms with Gasteiger partial charge in [-0.3, -0.25) is 4.72 Å². The summed E-state index contributed by atoms with van der Waals surface area (Å²) in [5, 5.41) is 22.3. The molecule has 1 atom stereocenters. The average molecular weight is 464 g/mol. The summed E-state index contributed by atoms with van der Waals surface area (Å²) in [4.78, 5) is 0. The highest BCUT2D eigenvalue weighted by Gasteiger charge is 2.20. The van der Waals surface area contributed by atoms with E-state index in [0.717, 1.165) is 12.1 Å². The third-order valence-electron chi connectivity index (χ3n) is 4.71. The maximum Gasteiger partial charge on any atom is 0.232 e. The second kappa shape index (κ2) is 9.09. The number of ether oxygens (including phenoxy) is 1. The van der Waals surface area contributed by atoms with Gasteiger partial charge in [-0.15, -0.1) is 0 Å². The van der Waals surface area contributed by atoms with Crippen molar-refractivity contribution in [2.24, 2.45) is 0 Å². The SMILES string of the molecule is CCS(=O)(=O)Nc1ccc(Oc2ccc(F)cc2F)c(-c2cc(C)[n+]([O-])c(C(C)O)c2)c1. The molecule has 1 unspecified atom stereocenters. The molecular weight excluding hydrogens is 442 g/mol. The molecule has 0 saturated heterocycles. The number of nitrogens with zero attached hydrogens (tertiary/aromatic N) is 1. The Morgan fingerprint density at radius 2 is 1.81 bits per heavy atom. The summed E-state index contributed by atoms with van der Waals surface area (Å²) < 4.78 is 60.1. The van der Waals surface area contributed by atoms with E-state index in [1.54, 1.807) is 6.92 Å². The first-order valence-electron chi connectivity index (χ1n) is 9.70. The van der Waals surface area contributed by atoms with Crippen molar-refractivity contribution in [1.29, 1.82) is 0 Å². The van der Waals surface area contributed by atoms with Crippen LogP contribution in [0.25, 0.3) is 11.1 Å². The zero-order chi connectivity index (χ0) is 23.6. The average Bonchev–Trinajstić information content (AvgIpc) is 2.72. The number of pyridine rings is 1. The molecule has 170 valence electrons. The molecule has 2 N–H and O–H groups in total.